The predicted molar refractivity (Wildman–Crippen MR) is 150 cm³/mol. The van der Waals surface area contributed by atoms with Crippen LogP contribution in [0.3, 0.4) is 0 Å². The zero-order chi connectivity index (χ0) is 25.3. The van der Waals surface area contributed by atoms with E-state index < -0.39 is 0 Å². The molecule has 4 rings (SSSR count). The van der Waals surface area contributed by atoms with Crippen molar-refractivity contribution in [3.8, 4) is 33.8 Å². The summed E-state index contributed by atoms with van der Waals surface area (Å²) in [5, 5.41) is 19.5. The van der Waals surface area contributed by atoms with Gasteiger partial charge >= 0.3 is 0 Å². The van der Waals surface area contributed by atoms with Crippen LogP contribution in [0.15, 0.2) is 60.7 Å². The summed E-state index contributed by atoms with van der Waals surface area (Å²) in [5.74, 6) is 2.53. The number of aryl methyl sites for hydroxylation is 1. The number of unbranched alkanes of at least 4 members (excludes halogenated alkanes) is 2. The highest BCUT2D eigenvalue weighted by atomic mass is 16.5. The summed E-state index contributed by atoms with van der Waals surface area (Å²) in [6.45, 7) is 2.40. The largest absolute Gasteiger partial charge is 0.508 e. The molecule has 0 heterocycles. The lowest BCUT2D eigenvalue weighted by Crippen LogP contribution is -2.13. The minimum Gasteiger partial charge on any atom is -0.508 e. The molecule has 3 nitrogen and oxygen atoms in total. The number of aromatic hydroxyl groups is 1. The Morgan fingerprint density at radius 1 is 0.806 bits per heavy atom. The van der Waals surface area contributed by atoms with Crippen molar-refractivity contribution in [1.29, 1.82) is 0 Å². The van der Waals surface area contributed by atoms with Crippen molar-refractivity contribution in [3.05, 3.63) is 71.8 Å². The molecular formula is C33H42O3. The normalized spacial score (nSPS) is 17.8. The van der Waals surface area contributed by atoms with E-state index in [9.17, 15) is 10.2 Å². The number of phenolic OH excluding ortho intramolecular Hbond substituents is 1. The fourth-order valence-electron chi connectivity index (χ4n) is 5.74. The van der Waals surface area contributed by atoms with Gasteiger partial charge in [-0.25, -0.2) is 0 Å². The third-order valence-electron chi connectivity index (χ3n) is 7.98. The molecule has 192 valence electrons. The molecule has 0 aromatic heterocycles. The fraction of sp³-hybridized carbons (Fsp3) is 0.455. The lowest BCUT2D eigenvalue weighted by atomic mass is 9.77. The van der Waals surface area contributed by atoms with E-state index in [1.807, 2.05) is 6.07 Å². The maximum absolute atomic E-state index is 10.3. The van der Waals surface area contributed by atoms with E-state index in [2.05, 4.69) is 55.5 Å². The van der Waals surface area contributed by atoms with Crippen molar-refractivity contribution in [1.82, 2.24) is 0 Å². The molecule has 1 aliphatic carbocycles. The van der Waals surface area contributed by atoms with Crippen LogP contribution in [0.2, 0.25) is 0 Å². The third kappa shape index (κ3) is 6.50. The Morgan fingerprint density at radius 3 is 2.06 bits per heavy atom. The monoisotopic (exact) mass is 486 g/mol. The van der Waals surface area contributed by atoms with Crippen LogP contribution in [0.1, 0.15) is 81.8 Å². The zero-order valence-corrected chi connectivity index (χ0v) is 22.0. The number of phenols is 1. The number of hydrogen-bond donors (Lipinski definition) is 2. The Morgan fingerprint density at radius 2 is 1.44 bits per heavy atom. The van der Waals surface area contributed by atoms with Crippen molar-refractivity contribution < 1.29 is 14.9 Å². The Kier molecular flexibility index (Phi) is 9.47. The molecule has 0 atom stereocenters. The van der Waals surface area contributed by atoms with Crippen molar-refractivity contribution >= 4 is 0 Å². The Balaban J connectivity index is 1.43. The minimum absolute atomic E-state index is 0.106. The van der Waals surface area contributed by atoms with Gasteiger partial charge in [0.1, 0.15) is 11.5 Å². The van der Waals surface area contributed by atoms with Crippen LogP contribution in [-0.2, 0) is 6.42 Å². The van der Waals surface area contributed by atoms with Gasteiger partial charge in [-0.15, -0.1) is 0 Å². The number of methoxy groups -OCH3 is 1. The van der Waals surface area contributed by atoms with Crippen molar-refractivity contribution in [3.63, 3.8) is 0 Å². The second kappa shape index (κ2) is 13.0. The molecule has 1 aliphatic rings. The second-order valence-corrected chi connectivity index (χ2v) is 10.4. The van der Waals surface area contributed by atoms with Gasteiger partial charge in [0.2, 0.25) is 0 Å². The molecule has 0 unspecified atom stereocenters. The number of rotatable bonds is 11. The van der Waals surface area contributed by atoms with Gasteiger partial charge in [-0.05, 0) is 84.2 Å². The molecule has 0 amide bonds. The van der Waals surface area contributed by atoms with Gasteiger partial charge < -0.3 is 14.9 Å². The van der Waals surface area contributed by atoms with Gasteiger partial charge in [0, 0.05) is 18.2 Å². The molecule has 1 fully saturated rings. The molecule has 2 N–H and O–H groups in total. The lowest BCUT2D eigenvalue weighted by Gasteiger charge is -2.29. The molecule has 0 spiro atoms. The van der Waals surface area contributed by atoms with Crippen molar-refractivity contribution in [2.45, 2.75) is 77.0 Å². The maximum atomic E-state index is 10.3. The molecule has 0 saturated heterocycles. The summed E-state index contributed by atoms with van der Waals surface area (Å²) in [6, 6.07) is 21.4. The van der Waals surface area contributed by atoms with Crippen LogP contribution in [0.4, 0.5) is 0 Å². The van der Waals surface area contributed by atoms with Gasteiger partial charge in [0.25, 0.3) is 0 Å². The number of aliphatic hydroxyl groups is 1. The highest BCUT2D eigenvalue weighted by Gasteiger charge is 2.22. The number of ether oxygens (including phenoxy) is 1. The Hall–Kier alpha value is -2.78. The van der Waals surface area contributed by atoms with E-state index in [4.69, 9.17) is 4.74 Å². The molecule has 1 saturated carbocycles. The molecule has 36 heavy (non-hydrogen) atoms. The van der Waals surface area contributed by atoms with Crippen LogP contribution >= 0.6 is 0 Å². The predicted octanol–water partition coefficient (Wildman–Crippen LogP) is 8.51. The Labute approximate surface area is 217 Å². The minimum atomic E-state index is 0.106. The molecule has 0 aliphatic heterocycles. The summed E-state index contributed by atoms with van der Waals surface area (Å²) in [5.41, 5.74) is 6.76. The van der Waals surface area contributed by atoms with E-state index in [1.54, 1.807) is 13.2 Å². The summed E-state index contributed by atoms with van der Waals surface area (Å²) in [6.07, 6.45) is 12.2. The molecule has 0 radical (unpaired) electrons. The first-order valence-corrected chi connectivity index (χ1v) is 13.8. The number of hydrogen-bond acceptors (Lipinski definition) is 3. The maximum Gasteiger partial charge on any atom is 0.130 e. The average Bonchev–Trinajstić information content (AvgIpc) is 2.93. The summed E-state index contributed by atoms with van der Waals surface area (Å²) < 4.78 is 5.55. The SMILES string of the molecule is CCCCCC1CCC(c2ccc(-c3ccc(-c4cc(CCCO)c(O)cc4OC)cc3)cc2)CC1. The van der Waals surface area contributed by atoms with Gasteiger partial charge in [-0.3, -0.25) is 0 Å². The van der Waals surface area contributed by atoms with E-state index in [1.165, 1.54) is 68.1 Å². The quantitative estimate of drug-likeness (QED) is 0.267. The first-order valence-electron chi connectivity index (χ1n) is 13.8. The first kappa shape index (κ1) is 26.3. The molecule has 3 aromatic carbocycles. The van der Waals surface area contributed by atoms with E-state index >= 15 is 0 Å². The van der Waals surface area contributed by atoms with Crippen molar-refractivity contribution in [2.24, 2.45) is 5.92 Å². The van der Waals surface area contributed by atoms with E-state index in [0.29, 0.717) is 24.5 Å². The zero-order valence-electron chi connectivity index (χ0n) is 22.0. The van der Waals surface area contributed by atoms with Crippen molar-refractivity contribution in [2.75, 3.05) is 13.7 Å². The van der Waals surface area contributed by atoms with E-state index in [0.717, 1.165) is 22.6 Å². The fourth-order valence-corrected chi connectivity index (χ4v) is 5.74. The molecule has 3 aromatic rings. The second-order valence-electron chi connectivity index (χ2n) is 10.4. The standard InChI is InChI=1S/C33H42O3/c1-3-4-5-7-24-9-11-25(12-10-24)26-13-15-27(16-14-26)28-17-19-29(20-18-28)31-22-30(8-6-21-34)32(35)23-33(31)36-2/h13-20,22-25,34-35H,3-12,21H2,1-2H3. The number of benzene rings is 3. The van der Waals surface area contributed by atoms with Crippen LogP contribution in [-0.4, -0.2) is 23.9 Å². The molecular weight excluding hydrogens is 444 g/mol. The molecule has 3 heteroatoms. The highest BCUT2D eigenvalue weighted by molar-refractivity contribution is 5.76. The first-order chi connectivity index (χ1) is 17.6. The summed E-state index contributed by atoms with van der Waals surface area (Å²) in [4.78, 5) is 0. The van der Waals surface area contributed by atoms with Crippen LogP contribution in [0, 0.1) is 5.92 Å². The van der Waals surface area contributed by atoms with E-state index in [-0.39, 0.29) is 12.4 Å². The third-order valence-corrected chi connectivity index (χ3v) is 7.98. The van der Waals surface area contributed by atoms with Gasteiger partial charge in [0.05, 0.1) is 7.11 Å². The molecule has 0 bridgehead atoms. The van der Waals surface area contributed by atoms with Gasteiger partial charge in [0.15, 0.2) is 0 Å². The summed E-state index contributed by atoms with van der Waals surface area (Å²) >= 11 is 0. The van der Waals surface area contributed by atoms with Crippen LogP contribution in [0.5, 0.6) is 11.5 Å². The lowest BCUT2D eigenvalue weighted by molar-refractivity contribution is 0.288. The summed E-state index contributed by atoms with van der Waals surface area (Å²) in [7, 11) is 1.63. The Bertz CT molecular complexity index is 1080. The van der Waals surface area contributed by atoms with Gasteiger partial charge in [-0.1, -0.05) is 81.1 Å². The topological polar surface area (TPSA) is 49.7 Å². The van der Waals surface area contributed by atoms with Crippen LogP contribution in [0.25, 0.3) is 22.3 Å². The van der Waals surface area contributed by atoms with Crippen LogP contribution < -0.4 is 4.74 Å². The average molecular weight is 487 g/mol. The number of aliphatic hydroxyl groups excluding tert-OH is 1. The smallest absolute Gasteiger partial charge is 0.130 e. The van der Waals surface area contributed by atoms with Gasteiger partial charge in [-0.2, -0.15) is 0 Å². The highest BCUT2D eigenvalue weighted by Crippen LogP contribution is 2.39.